The number of hydrogen-bond acceptors (Lipinski definition) is 6. The molecule has 2 heterocycles. The first-order valence-corrected chi connectivity index (χ1v) is 8.02. The van der Waals surface area contributed by atoms with Gasteiger partial charge in [0.05, 0.1) is 20.9 Å². The molecule has 0 saturated carbocycles. The normalized spacial score (nSPS) is 13.2. The van der Waals surface area contributed by atoms with E-state index in [2.05, 4.69) is 4.98 Å². The molecule has 24 heavy (non-hydrogen) atoms. The number of aromatic nitrogens is 1. The average molecular weight is 368 g/mol. The minimum Gasteiger partial charge on any atom is -0.481 e. The highest BCUT2D eigenvalue weighted by Crippen LogP contribution is 2.29. The van der Waals surface area contributed by atoms with Gasteiger partial charge in [-0.15, -0.1) is 11.3 Å². The maximum Gasteiger partial charge on any atom is 0.314 e. The molecule has 126 valence electrons. The maximum atomic E-state index is 12.3. The highest BCUT2D eigenvalue weighted by molar-refractivity contribution is 7.19. The van der Waals surface area contributed by atoms with Gasteiger partial charge in [0, 0.05) is 11.8 Å². The van der Waals surface area contributed by atoms with Crippen molar-refractivity contribution in [2.75, 3.05) is 0 Å². The molecule has 2 aromatic rings. The van der Waals surface area contributed by atoms with Gasteiger partial charge in [-0.1, -0.05) is 11.6 Å². The summed E-state index contributed by atoms with van der Waals surface area (Å²) in [5.74, 6) is -4.37. The molecule has 0 aliphatic rings. The summed E-state index contributed by atoms with van der Waals surface area (Å²) in [4.78, 5) is 39.6. The molecule has 7 nitrogen and oxygen atoms in total. The number of primary amides is 1. The molecule has 0 spiro atoms. The smallest absolute Gasteiger partial charge is 0.314 e. The highest BCUT2D eigenvalue weighted by atomic mass is 35.5. The molecule has 5 N–H and O–H groups in total. The number of nitrogens with zero attached hydrogens (tertiary/aromatic N) is 1. The van der Waals surface area contributed by atoms with E-state index in [4.69, 9.17) is 23.1 Å². The molecule has 0 bridgehead atoms. The van der Waals surface area contributed by atoms with Crippen LogP contribution in [-0.2, 0) is 9.59 Å². The van der Waals surface area contributed by atoms with Crippen LogP contribution in [0.25, 0.3) is 10.6 Å². The van der Waals surface area contributed by atoms with E-state index in [1.807, 2.05) is 0 Å². The fraction of sp³-hybridized carbons (Fsp3) is 0.200. The van der Waals surface area contributed by atoms with Crippen LogP contribution in [0.3, 0.4) is 0 Å². The summed E-state index contributed by atoms with van der Waals surface area (Å²) in [6.07, 6.45) is 0.919. The standard InChI is InChI=1S/C15H14ClN3O4S/c16-12-4-3-11(24-12)10-2-1-7(6-19-10)13(20)8(15(22)23)5-9(17)14(18)21/h1-4,6,8-9H,5,17H2,(H2,18,21)(H,22,23)/t8?,9-/m0/s1. The van der Waals surface area contributed by atoms with Crippen LogP contribution >= 0.6 is 22.9 Å². The minimum absolute atomic E-state index is 0.116. The number of aliphatic carboxylic acids is 1. The van der Waals surface area contributed by atoms with Crippen molar-refractivity contribution in [1.82, 2.24) is 4.98 Å². The van der Waals surface area contributed by atoms with Crippen molar-refractivity contribution in [1.29, 1.82) is 0 Å². The van der Waals surface area contributed by atoms with E-state index in [9.17, 15) is 19.5 Å². The lowest BCUT2D eigenvalue weighted by Crippen LogP contribution is -2.41. The summed E-state index contributed by atoms with van der Waals surface area (Å²) >= 11 is 7.20. The monoisotopic (exact) mass is 367 g/mol. The van der Waals surface area contributed by atoms with Crippen molar-refractivity contribution < 1.29 is 19.5 Å². The molecule has 1 unspecified atom stereocenters. The number of ketones is 1. The lowest BCUT2D eigenvalue weighted by Gasteiger charge is -2.14. The summed E-state index contributed by atoms with van der Waals surface area (Å²) < 4.78 is 0.610. The van der Waals surface area contributed by atoms with Gasteiger partial charge >= 0.3 is 5.97 Å². The van der Waals surface area contributed by atoms with E-state index in [0.717, 1.165) is 4.88 Å². The van der Waals surface area contributed by atoms with E-state index in [1.54, 1.807) is 18.2 Å². The highest BCUT2D eigenvalue weighted by Gasteiger charge is 2.31. The Kier molecular flexibility index (Phi) is 5.66. The van der Waals surface area contributed by atoms with E-state index < -0.39 is 29.6 Å². The first kappa shape index (κ1) is 18.1. The second kappa shape index (κ2) is 7.52. The topological polar surface area (TPSA) is 136 Å². The zero-order chi connectivity index (χ0) is 17.9. The quantitative estimate of drug-likeness (QED) is 0.501. The molecule has 2 atom stereocenters. The Morgan fingerprint density at radius 1 is 1.25 bits per heavy atom. The third-order valence-corrected chi connectivity index (χ3v) is 4.60. The number of Topliss-reactive ketones (excluding diaryl/α,β-unsaturated/α-hetero) is 1. The summed E-state index contributed by atoms with van der Waals surface area (Å²) in [5.41, 5.74) is 11.2. The van der Waals surface area contributed by atoms with Gasteiger partial charge in [-0.05, 0) is 30.7 Å². The SMILES string of the molecule is NC(=O)[C@@H](N)CC(C(=O)O)C(=O)c1ccc(-c2ccc(Cl)s2)nc1. The summed E-state index contributed by atoms with van der Waals surface area (Å²) in [6, 6.07) is 5.39. The van der Waals surface area contributed by atoms with Gasteiger partial charge in [0.15, 0.2) is 5.78 Å². The molecular formula is C15H14ClN3O4S. The number of halogens is 1. The largest absolute Gasteiger partial charge is 0.481 e. The second-order valence-corrected chi connectivity index (χ2v) is 6.75. The van der Waals surface area contributed by atoms with Gasteiger partial charge in [0.2, 0.25) is 5.91 Å². The Morgan fingerprint density at radius 3 is 2.42 bits per heavy atom. The summed E-state index contributed by atoms with van der Waals surface area (Å²) in [5, 5.41) is 9.21. The Hall–Kier alpha value is -2.29. The number of thiophene rings is 1. The molecule has 0 aromatic carbocycles. The number of carbonyl (C=O) groups is 3. The van der Waals surface area contributed by atoms with Crippen molar-refractivity contribution >= 4 is 40.6 Å². The Morgan fingerprint density at radius 2 is 1.96 bits per heavy atom. The van der Waals surface area contributed by atoms with Gasteiger partial charge in [0.1, 0.15) is 5.92 Å². The van der Waals surface area contributed by atoms with Crippen molar-refractivity contribution in [3.63, 3.8) is 0 Å². The Bertz CT molecular complexity index is 775. The minimum atomic E-state index is -1.46. The summed E-state index contributed by atoms with van der Waals surface area (Å²) in [7, 11) is 0. The Balaban J connectivity index is 2.20. The lowest BCUT2D eigenvalue weighted by atomic mass is 9.92. The molecule has 2 aromatic heterocycles. The second-order valence-electron chi connectivity index (χ2n) is 5.04. The predicted molar refractivity (Wildman–Crippen MR) is 89.8 cm³/mol. The van der Waals surface area contributed by atoms with Crippen LogP contribution in [0.1, 0.15) is 16.8 Å². The van der Waals surface area contributed by atoms with Crippen molar-refractivity contribution in [3.8, 4) is 10.6 Å². The van der Waals surface area contributed by atoms with Crippen molar-refractivity contribution in [2.24, 2.45) is 17.4 Å². The van der Waals surface area contributed by atoms with Crippen LogP contribution in [0, 0.1) is 5.92 Å². The fourth-order valence-electron chi connectivity index (χ4n) is 2.03. The zero-order valence-corrected chi connectivity index (χ0v) is 13.9. The van der Waals surface area contributed by atoms with Gasteiger partial charge in [0.25, 0.3) is 0 Å². The fourth-order valence-corrected chi connectivity index (χ4v) is 3.05. The van der Waals surface area contributed by atoms with E-state index in [0.29, 0.717) is 10.0 Å². The number of hydrogen-bond donors (Lipinski definition) is 3. The van der Waals surface area contributed by atoms with Crippen LogP contribution < -0.4 is 11.5 Å². The number of carboxylic acids is 1. The molecule has 2 rings (SSSR count). The Labute approximate surface area is 146 Å². The van der Waals surface area contributed by atoms with Crippen LogP contribution in [0.4, 0.5) is 0 Å². The third-order valence-electron chi connectivity index (χ3n) is 3.34. The average Bonchev–Trinajstić information content (AvgIpc) is 2.98. The van der Waals surface area contributed by atoms with Gasteiger partial charge in [-0.25, -0.2) is 0 Å². The van der Waals surface area contributed by atoms with E-state index >= 15 is 0 Å². The van der Waals surface area contributed by atoms with Crippen LogP contribution in [0.5, 0.6) is 0 Å². The molecule has 1 amide bonds. The maximum absolute atomic E-state index is 12.3. The van der Waals surface area contributed by atoms with Crippen molar-refractivity contribution in [2.45, 2.75) is 12.5 Å². The number of pyridine rings is 1. The summed E-state index contributed by atoms with van der Waals surface area (Å²) in [6.45, 7) is 0. The van der Waals surface area contributed by atoms with Gasteiger partial charge < -0.3 is 16.6 Å². The molecular weight excluding hydrogens is 354 g/mol. The molecule has 9 heteroatoms. The van der Waals surface area contributed by atoms with Crippen LogP contribution in [-0.4, -0.2) is 33.8 Å². The van der Waals surface area contributed by atoms with Crippen LogP contribution in [0.15, 0.2) is 30.5 Å². The van der Waals surface area contributed by atoms with E-state index in [1.165, 1.54) is 23.6 Å². The number of rotatable bonds is 7. The number of carbonyl (C=O) groups excluding carboxylic acids is 2. The number of amides is 1. The van der Waals surface area contributed by atoms with E-state index in [-0.39, 0.29) is 12.0 Å². The molecule has 0 fully saturated rings. The molecule has 0 aliphatic carbocycles. The predicted octanol–water partition coefficient (Wildman–Crippen LogP) is 1.55. The number of nitrogens with two attached hydrogens (primary N) is 2. The molecule has 0 saturated heterocycles. The first-order chi connectivity index (χ1) is 11.3. The molecule has 0 radical (unpaired) electrons. The van der Waals surface area contributed by atoms with Crippen LogP contribution in [0.2, 0.25) is 4.34 Å². The first-order valence-electron chi connectivity index (χ1n) is 6.83. The van der Waals surface area contributed by atoms with Gasteiger partial charge in [-0.3, -0.25) is 19.4 Å². The van der Waals surface area contributed by atoms with Gasteiger partial charge in [-0.2, -0.15) is 0 Å². The molecule has 0 aliphatic heterocycles. The lowest BCUT2D eigenvalue weighted by molar-refractivity contribution is -0.140. The third kappa shape index (κ3) is 4.16. The van der Waals surface area contributed by atoms with Crippen molar-refractivity contribution in [3.05, 3.63) is 40.4 Å². The zero-order valence-electron chi connectivity index (χ0n) is 12.3. The number of carboxylic acid groups (broad SMARTS) is 1.